The second kappa shape index (κ2) is 6.98. The van der Waals surface area contributed by atoms with E-state index in [2.05, 4.69) is 5.32 Å². The van der Waals surface area contributed by atoms with Crippen molar-refractivity contribution in [1.82, 2.24) is 9.55 Å². The molecule has 0 aliphatic heterocycles. The lowest BCUT2D eigenvalue weighted by atomic mass is 10.2. The minimum Gasteiger partial charge on any atom is -0.497 e. The van der Waals surface area contributed by atoms with Crippen LogP contribution < -0.4 is 21.3 Å². The first-order valence-electron chi connectivity index (χ1n) is 7.60. The van der Waals surface area contributed by atoms with Gasteiger partial charge in [0.2, 0.25) is 5.88 Å². The van der Waals surface area contributed by atoms with E-state index in [1.165, 1.54) is 19.2 Å². The number of para-hydroxylation sites is 1. The van der Waals surface area contributed by atoms with Gasteiger partial charge in [0.15, 0.2) is 5.56 Å². The molecule has 26 heavy (non-hydrogen) atoms. The van der Waals surface area contributed by atoms with Gasteiger partial charge >= 0.3 is 5.69 Å². The molecule has 1 heterocycles. The summed E-state index contributed by atoms with van der Waals surface area (Å²) < 4.78 is 5.91. The first-order valence-corrected chi connectivity index (χ1v) is 7.60. The maximum atomic E-state index is 12.4. The maximum Gasteiger partial charge on any atom is 0.335 e. The molecule has 0 aliphatic carbocycles. The number of aromatic amines is 1. The zero-order chi connectivity index (χ0) is 18.7. The molecule has 8 nitrogen and oxygen atoms in total. The van der Waals surface area contributed by atoms with E-state index in [9.17, 15) is 19.5 Å². The van der Waals surface area contributed by atoms with Crippen molar-refractivity contribution in [3.8, 4) is 17.3 Å². The van der Waals surface area contributed by atoms with Crippen molar-refractivity contribution in [3.05, 3.63) is 81.0 Å². The highest BCUT2D eigenvalue weighted by molar-refractivity contribution is 6.05. The number of ether oxygens (including phenoxy) is 1. The smallest absolute Gasteiger partial charge is 0.335 e. The highest BCUT2D eigenvalue weighted by Gasteiger charge is 2.22. The molecule has 2 aromatic carbocycles. The number of aromatic nitrogens is 2. The van der Waals surface area contributed by atoms with Crippen molar-refractivity contribution in [2.24, 2.45) is 0 Å². The molecule has 0 aliphatic rings. The zero-order valence-corrected chi connectivity index (χ0v) is 13.7. The van der Waals surface area contributed by atoms with Crippen molar-refractivity contribution in [1.29, 1.82) is 0 Å². The standard InChI is InChI=1S/C18H15N3O5/c1-26-13-9-5-8-12(10-13)21-17(24)14(16(23)20-18(21)25)15(22)19-11-6-3-2-4-7-11/h2-10,24H,1H3,(H,19,22)(H,20,23,25). The van der Waals surface area contributed by atoms with E-state index in [-0.39, 0.29) is 5.69 Å². The zero-order valence-electron chi connectivity index (χ0n) is 13.7. The Morgan fingerprint density at radius 3 is 2.54 bits per heavy atom. The molecule has 132 valence electrons. The van der Waals surface area contributed by atoms with Crippen molar-refractivity contribution in [2.45, 2.75) is 0 Å². The number of rotatable bonds is 4. The van der Waals surface area contributed by atoms with Gasteiger partial charge in [-0.15, -0.1) is 0 Å². The van der Waals surface area contributed by atoms with Gasteiger partial charge in [0, 0.05) is 11.8 Å². The summed E-state index contributed by atoms with van der Waals surface area (Å²) in [4.78, 5) is 38.7. The lowest BCUT2D eigenvalue weighted by molar-refractivity contribution is 0.102. The summed E-state index contributed by atoms with van der Waals surface area (Å²) in [6, 6.07) is 14.7. The molecule has 3 N–H and O–H groups in total. The fraction of sp³-hybridized carbons (Fsp3) is 0.0556. The maximum absolute atomic E-state index is 12.4. The molecule has 8 heteroatoms. The topological polar surface area (TPSA) is 113 Å². The minimum atomic E-state index is -0.986. The quantitative estimate of drug-likeness (QED) is 0.658. The predicted molar refractivity (Wildman–Crippen MR) is 95.3 cm³/mol. The molecule has 0 fully saturated rings. The molecule has 0 atom stereocenters. The highest BCUT2D eigenvalue weighted by atomic mass is 16.5. The minimum absolute atomic E-state index is 0.233. The molecule has 0 unspecified atom stereocenters. The van der Waals surface area contributed by atoms with E-state index >= 15 is 0 Å². The van der Waals surface area contributed by atoms with Crippen LogP contribution in [0.4, 0.5) is 5.69 Å². The third-order valence-electron chi connectivity index (χ3n) is 3.66. The van der Waals surface area contributed by atoms with Gasteiger partial charge in [0.25, 0.3) is 11.5 Å². The molecule has 3 aromatic rings. The van der Waals surface area contributed by atoms with Gasteiger partial charge in [-0.1, -0.05) is 24.3 Å². The first-order chi connectivity index (χ1) is 12.5. The van der Waals surface area contributed by atoms with Gasteiger partial charge < -0.3 is 15.2 Å². The Hall–Kier alpha value is -3.81. The van der Waals surface area contributed by atoms with Crippen LogP contribution >= 0.6 is 0 Å². The van der Waals surface area contributed by atoms with Crippen LogP contribution in [0.3, 0.4) is 0 Å². The van der Waals surface area contributed by atoms with Gasteiger partial charge in [-0.25, -0.2) is 9.36 Å². The summed E-state index contributed by atoms with van der Waals surface area (Å²) in [5, 5.41) is 13.0. The Labute approximate surface area is 147 Å². The molecule has 1 amide bonds. The van der Waals surface area contributed by atoms with E-state index in [0.717, 1.165) is 4.57 Å². The molecule has 3 rings (SSSR count). The SMILES string of the molecule is COc1cccc(-n2c(O)c(C(=O)Nc3ccccc3)c(=O)[nH]c2=O)c1. The van der Waals surface area contributed by atoms with Gasteiger partial charge in [-0.2, -0.15) is 0 Å². The summed E-state index contributed by atoms with van der Waals surface area (Å²) in [6.07, 6.45) is 0. The first kappa shape index (κ1) is 17.0. The Morgan fingerprint density at radius 2 is 1.85 bits per heavy atom. The fourth-order valence-electron chi connectivity index (χ4n) is 2.43. The van der Waals surface area contributed by atoms with Gasteiger partial charge in [0.05, 0.1) is 12.8 Å². The molecule has 0 radical (unpaired) electrons. The van der Waals surface area contributed by atoms with Crippen molar-refractivity contribution < 1.29 is 14.6 Å². The molecule has 0 spiro atoms. The number of hydrogen-bond acceptors (Lipinski definition) is 5. The van der Waals surface area contributed by atoms with Crippen molar-refractivity contribution in [2.75, 3.05) is 12.4 Å². The van der Waals surface area contributed by atoms with E-state index in [4.69, 9.17) is 4.74 Å². The Bertz CT molecular complexity index is 1070. The molecular weight excluding hydrogens is 338 g/mol. The molecule has 0 saturated heterocycles. The summed E-state index contributed by atoms with van der Waals surface area (Å²) in [5.41, 5.74) is -1.76. The van der Waals surface area contributed by atoms with Crippen LogP contribution in [0.1, 0.15) is 10.4 Å². The van der Waals surface area contributed by atoms with E-state index in [1.807, 2.05) is 4.98 Å². The number of hydrogen-bond donors (Lipinski definition) is 3. The summed E-state index contributed by atoms with van der Waals surface area (Å²) in [6.45, 7) is 0. The number of benzene rings is 2. The number of anilines is 1. The number of carbonyl (C=O) groups excluding carboxylic acids is 1. The van der Waals surface area contributed by atoms with E-state index in [1.54, 1.807) is 42.5 Å². The lowest BCUT2D eigenvalue weighted by Gasteiger charge is -2.12. The van der Waals surface area contributed by atoms with Crippen molar-refractivity contribution in [3.63, 3.8) is 0 Å². The number of amides is 1. The van der Waals surface area contributed by atoms with Crippen LogP contribution in [-0.4, -0.2) is 27.7 Å². The number of methoxy groups -OCH3 is 1. The average molecular weight is 353 g/mol. The van der Waals surface area contributed by atoms with Crippen LogP contribution in [0, 0.1) is 0 Å². The Morgan fingerprint density at radius 1 is 1.12 bits per heavy atom. The van der Waals surface area contributed by atoms with Gasteiger partial charge in [-0.3, -0.25) is 14.6 Å². The second-order valence-electron chi connectivity index (χ2n) is 5.31. The van der Waals surface area contributed by atoms with Crippen LogP contribution in [0.2, 0.25) is 0 Å². The number of H-pyrrole nitrogens is 1. The third-order valence-corrected chi connectivity index (χ3v) is 3.66. The van der Waals surface area contributed by atoms with Crippen molar-refractivity contribution >= 4 is 11.6 Å². The van der Waals surface area contributed by atoms with E-state index in [0.29, 0.717) is 11.4 Å². The Kier molecular flexibility index (Phi) is 4.57. The summed E-state index contributed by atoms with van der Waals surface area (Å²) in [7, 11) is 1.45. The number of nitrogens with one attached hydrogen (secondary N) is 2. The lowest BCUT2D eigenvalue weighted by Crippen LogP contribution is -2.34. The number of nitrogens with zero attached hydrogens (tertiary/aromatic N) is 1. The van der Waals surface area contributed by atoms with Crippen LogP contribution in [-0.2, 0) is 0 Å². The highest BCUT2D eigenvalue weighted by Crippen LogP contribution is 2.21. The van der Waals surface area contributed by atoms with E-state index < -0.39 is 28.6 Å². The second-order valence-corrected chi connectivity index (χ2v) is 5.31. The fourth-order valence-corrected chi connectivity index (χ4v) is 2.43. The van der Waals surface area contributed by atoms with Crippen LogP contribution in [0.25, 0.3) is 5.69 Å². The van der Waals surface area contributed by atoms with Crippen LogP contribution in [0.15, 0.2) is 64.2 Å². The van der Waals surface area contributed by atoms with Crippen LogP contribution in [0.5, 0.6) is 11.6 Å². The largest absolute Gasteiger partial charge is 0.497 e. The third kappa shape index (κ3) is 3.20. The molecular formula is C18H15N3O5. The van der Waals surface area contributed by atoms with Gasteiger partial charge in [-0.05, 0) is 24.3 Å². The molecule has 1 aromatic heterocycles. The number of aromatic hydroxyl groups is 1. The predicted octanol–water partition coefficient (Wildman–Crippen LogP) is 1.49. The summed E-state index contributed by atoms with van der Waals surface area (Å²) >= 11 is 0. The molecule has 0 bridgehead atoms. The average Bonchev–Trinajstić information content (AvgIpc) is 2.62. The molecule has 0 saturated carbocycles. The number of carbonyl (C=O) groups is 1. The Balaban J connectivity index is 2.11. The summed E-state index contributed by atoms with van der Waals surface area (Å²) in [5.74, 6) is -1.16. The monoisotopic (exact) mass is 353 g/mol. The van der Waals surface area contributed by atoms with Gasteiger partial charge in [0.1, 0.15) is 5.75 Å². The normalized spacial score (nSPS) is 10.3.